The minimum absolute atomic E-state index is 0.134. The first-order chi connectivity index (χ1) is 13.7. The quantitative estimate of drug-likeness (QED) is 0.199. The van der Waals surface area contributed by atoms with Gasteiger partial charge in [-0.25, -0.2) is 0 Å². The van der Waals surface area contributed by atoms with Crippen molar-refractivity contribution in [3.8, 4) is 0 Å². The molecule has 30 heavy (non-hydrogen) atoms. The van der Waals surface area contributed by atoms with E-state index in [0.29, 0.717) is 6.07 Å². The summed E-state index contributed by atoms with van der Waals surface area (Å²) in [6.07, 6.45) is -5.20. The number of alkyl halides is 3. The van der Waals surface area contributed by atoms with E-state index < -0.39 is 49.3 Å². The van der Waals surface area contributed by atoms with E-state index in [4.69, 9.17) is 0 Å². The van der Waals surface area contributed by atoms with Gasteiger partial charge in [-0.05, 0) is 63.7 Å². The Labute approximate surface area is 196 Å². The summed E-state index contributed by atoms with van der Waals surface area (Å²) >= 11 is 11.9. The highest BCUT2D eigenvalue weighted by Crippen LogP contribution is 2.51. The molecule has 0 fully saturated rings. The van der Waals surface area contributed by atoms with Crippen LogP contribution in [0.4, 0.5) is 41.6 Å². The Morgan fingerprint density at radius 1 is 0.767 bits per heavy atom. The van der Waals surface area contributed by atoms with E-state index in [1.165, 1.54) is 0 Å². The summed E-state index contributed by atoms with van der Waals surface area (Å²) in [4.78, 5) is 30.3. The molecular weight excluding hydrogens is 685 g/mol. The predicted octanol–water partition coefficient (Wildman–Crippen LogP) is 7.22. The fourth-order valence-corrected chi connectivity index (χ4v) is 4.82. The summed E-state index contributed by atoms with van der Waals surface area (Å²) < 4.78 is 40.0. The maximum Gasteiger partial charge on any atom is 0.418 e. The Morgan fingerprint density at radius 2 is 1.27 bits per heavy atom. The summed E-state index contributed by atoms with van der Waals surface area (Å²) in [5.74, 6) is 0. The minimum Gasteiger partial charge on any atom is -0.347 e. The highest BCUT2D eigenvalue weighted by Gasteiger charge is 2.40. The number of nitro groups is 3. The number of halogens is 7. The van der Waals surface area contributed by atoms with Crippen LogP contribution in [-0.2, 0) is 6.18 Å². The average Bonchev–Trinajstić information content (AvgIpc) is 2.61. The van der Waals surface area contributed by atoms with Crippen molar-refractivity contribution in [2.45, 2.75) is 6.18 Å². The van der Waals surface area contributed by atoms with E-state index in [1.54, 1.807) is 0 Å². The van der Waals surface area contributed by atoms with Crippen molar-refractivity contribution in [3.05, 3.63) is 65.9 Å². The molecule has 1 N–H and O–H groups in total. The lowest BCUT2D eigenvalue weighted by Crippen LogP contribution is -2.12. The molecule has 17 heteroatoms. The molecule has 0 saturated carbocycles. The molecule has 0 aromatic heterocycles. The Hall–Kier alpha value is -1.85. The lowest BCUT2D eigenvalue weighted by molar-refractivity contribution is -0.394. The van der Waals surface area contributed by atoms with Crippen molar-refractivity contribution >= 4 is 92.2 Å². The number of non-ortho nitro benzene ring substituents is 1. The average molecular weight is 688 g/mol. The summed E-state index contributed by atoms with van der Waals surface area (Å²) in [6.45, 7) is 0. The van der Waals surface area contributed by atoms with E-state index in [2.05, 4.69) is 69.0 Å². The Balaban J connectivity index is 2.89. The molecule has 2 aromatic carbocycles. The van der Waals surface area contributed by atoms with Crippen molar-refractivity contribution in [2.75, 3.05) is 5.32 Å². The number of nitrogens with one attached hydrogen (secondary N) is 1. The summed E-state index contributed by atoms with van der Waals surface area (Å²) in [6, 6.07) is 0.515. The van der Waals surface area contributed by atoms with Gasteiger partial charge >= 0.3 is 6.18 Å². The number of hydrogen-bond donors (Lipinski definition) is 1. The van der Waals surface area contributed by atoms with Crippen LogP contribution in [0.3, 0.4) is 0 Å². The highest BCUT2D eigenvalue weighted by molar-refractivity contribution is 9.14. The first-order valence-corrected chi connectivity index (χ1v) is 10.2. The van der Waals surface area contributed by atoms with Gasteiger partial charge in [0.2, 0.25) is 0 Å². The van der Waals surface area contributed by atoms with Gasteiger partial charge in [-0.3, -0.25) is 30.3 Å². The van der Waals surface area contributed by atoms with Crippen LogP contribution >= 0.6 is 63.7 Å². The molecule has 0 unspecified atom stereocenters. The topological polar surface area (TPSA) is 141 Å². The lowest BCUT2D eigenvalue weighted by atomic mass is 10.1. The van der Waals surface area contributed by atoms with Gasteiger partial charge in [0.25, 0.3) is 17.1 Å². The smallest absolute Gasteiger partial charge is 0.347 e. The molecule has 0 radical (unpaired) electrons. The SMILES string of the molecule is O=[N+]([O-])c1cc([N+](=O)[O-])c(Nc2c(Br)c(Br)c([N+](=O)[O-])c(Br)c2Br)c(C(F)(F)F)c1. The Morgan fingerprint density at radius 3 is 1.63 bits per heavy atom. The van der Waals surface area contributed by atoms with Crippen LogP contribution in [0.5, 0.6) is 0 Å². The molecule has 0 atom stereocenters. The standard InChI is InChI=1S/C13H3Br4F3N4O6/c14-6-8(16)12(24(29)30)9(17)7(15)11(6)21-10-4(13(18,19)20)1-3(22(25)26)2-5(10)23(27)28/h1-2,21H. The monoisotopic (exact) mass is 684 g/mol. The molecule has 0 aliphatic heterocycles. The van der Waals surface area contributed by atoms with Crippen LogP contribution < -0.4 is 5.32 Å². The minimum atomic E-state index is -5.20. The number of anilines is 2. The second kappa shape index (κ2) is 8.72. The van der Waals surface area contributed by atoms with Crippen molar-refractivity contribution in [1.29, 1.82) is 0 Å². The van der Waals surface area contributed by atoms with Gasteiger partial charge in [-0.15, -0.1) is 0 Å². The second-order valence-corrected chi connectivity index (χ2v) is 8.43. The molecule has 0 saturated heterocycles. The molecule has 0 heterocycles. The van der Waals surface area contributed by atoms with Gasteiger partial charge in [0, 0.05) is 6.07 Å². The van der Waals surface area contributed by atoms with Crippen LogP contribution in [-0.4, -0.2) is 14.8 Å². The highest BCUT2D eigenvalue weighted by atomic mass is 79.9. The first-order valence-electron chi connectivity index (χ1n) is 6.99. The molecule has 0 aliphatic carbocycles. The van der Waals surface area contributed by atoms with E-state index >= 15 is 0 Å². The number of nitro benzene ring substituents is 3. The molecular formula is C13H3Br4F3N4O6. The predicted molar refractivity (Wildman–Crippen MR) is 112 cm³/mol. The normalized spacial score (nSPS) is 11.3. The fourth-order valence-electron chi connectivity index (χ4n) is 2.23. The zero-order chi connectivity index (χ0) is 23.1. The molecule has 2 rings (SSSR count). The third-order valence-corrected chi connectivity index (χ3v) is 7.68. The summed E-state index contributed by atoms with van der Waals surface area (Å²) in [5.41, 5.74) is -5.85. The maximum atomic E-state index is 13.6. The molecule has 0 aliphatic rings. The Kier molecular flexibility index (Phi) is 7.10. The zero-order valence-electron chi connectivity index (χ0n) is 13.6. The van der Waals surface area contributed by atoms with E-state index in [1.807, 2.05) is 0 Å². The van der Waals surface area contributed by atoms with E-state index in [-0.39, 0.29) is 29.6 Å². The molecule has 0 bridgehead atoms. The van der Waals surface area contributed by atoms with Gasteiger partial charge in [-0.2, -0.15) is 13.2 Å². The van der Waals surface area contributed by atoms with Crippen LogP contribution in [0.1, 0.15) is 5.56 Å². The number of hydrogen-bond acceptors (Lipinski definition) is 7. The van der Waals surface area contributed by atoms with Crippen LogP contribution in [0.25, 0.3) is 0 Å². The first kappa shape index (κ1) is 24.4. The summed E-state index contributed by atoms with van der Waals surface area (Å²) in [5, 5.41) is 35.7. The number of benzene rings is 2. The van der Waals surface area contributed by atoms with E-state index in [9.17, 15) is 43.5 Å². The number of nitrogens with zero attached hydrogens (tertiary/aromatic N) is 3. The lowest BCUT2D eigenvalue weighted by Gasteiger charge is -2.18. The van der Waals surface area contributed by atoms with Gasteiger partial charge in [0.1, 0.15) is 14.6 Å². The molecule has 0 spiro atoms. The van der Waals surface area contributed by atoms with Crippen LogP contribution in [0, 0.1) is 30.3 Å². The van der Waals surface area contributed by atoms with Gasteiger partial charge < -0.3 is 5.32 Å². The van der Waals surface area contributed by atoms with Crippen molar-refractivity contribution < 1.29 is 27.9 Å². The van der Waals surface area contributed by atoms with Crippen molar-refractivity contribution in [1.82, 2.24) is 0 Å². The van der Waals surface area contributed by atoms with E-state index in [0.717, 1.165) is 0 Å². The third-order valence-electron chi connectivity index (χ3n) is 3.49. The van der Waals surface area contributed by atoms with Gasteiger partial charge in [0.15, 0.2) is 0 Å². The van der Waals surface area contributed by atoms with Crippen molar-refractivity contribution in [2.24, 2.45) is 0 Å². The van der Waals surface area contributed by atoms with Crippen LogP contribution in [0.2, 0.25) is 0 Å². The molecule has 160 valence electrons. The van der Waals surface area contributed by atoms with Gasteiger partial charge in [0.05, 0.1) is 41.0 Å². The molecule has 10 nitrogen and oxygen atoms in total. The molecule has 2 aromatic rings. The maximum absolute atomic E-state index is 13.6. The molecule has 0 amide bonds. The summed E-state index contributed by atoms with van der Waals surface area (Å²) in [7, 11) is 0. The second-order valence-electron chi connectivity index (χ2n) is 5.26. The third kappa shape index (κ3) is 4.57. The zero-order valence-corrected chi connectivity index (χ0v) is 19.9. The van der Waals surface area contributed by atoms with Crippen molar-refractivity contribution in [3.63, 3.8) is 0 Å². The van der Waals surface area contributed by atoms with Gasteiger partial charge in [-0.1, -0.05) is 0 Å². The van der Waals surface area contributed by atoms with Crippen LogP contribution in [0.15, 0.2) is 30.0 Å². The number of rotatable bonds is 5. The Bertz CT molecular complexity index is 1080. The fraction of sp³-hybridized carbons (Fsp3) is 0.0769. The largest absolute Gasteiger partial charge is 0.418 e.